The summed E-state index contributed by atoms with van der Waals surface area (Å²) in [5, 5.41) is 2.51. The maximum atomic E-state index is 11.2. The van der Waals surface area contributed by atoms with Crippen LogP contribution >= 0.6 is 0 Å². The molecule has 1 rings (SSSR count). The van der Waals surface area contributed by atoms with Gasteiger partial charge in [0.05, 0.1) is 13.2 Å². The van der Waals surface area contributed by atoms with Crippen LogP contribution in [0.15, 0.2) is 30.3 Å². The highest BCUT2D eigenvalue weighted by Gasteiger charge is 2.15. The SMILES string of the molecule is CCOC(=O)NCC(COc1ccccc1)OC(C)=O. The van der Waals surface area contributed by atoms with Gasteiger partial charge in [0.2, 0.25) is 0 Å². The van der Waals surface area contributed by atoms with Crippen LogP contribution in [0.25, 0.3) is 0 Å². The zero-order valence-electron chi connectivity index (χ0n) is 11.6. The smallest absolute Gasteiger partial charge is 0.407 e. The lowest BCUT2D eigenvalue weighted by Gasteiger charge is -2.18. The van der Waals surface area contributed by atoms with Crippen molar-refractivity contribution < 1.29 is 23.8 Å². The minimum Gasteiger partial charge on any atom is -0.490 e. The average Bonchev–Trinajstić information content (AvgIpc) is 2.43. The molecule has 0 aliphatic heterocycles. The number of rotatable bonds is 7. The van der Waals surface area contributed by atoms with Crippen LogP contribution in [-0.4, -0.2) is 37.9 Å². The Bertz CT molecular complexity index is 421. The maximum Gasteiger partial charge on any atom is 0.407 e. The first-order valence-electron chi connectivity index (χ1n) is 6.37. The lowest BCUT2D eigenvalue weighted by Crippen LogP contribution is -2.38. The normalized spacial score (nSPS) is 11.3. The molecule has 1 aromatic carbocycles. The number of amides is 1. The lowest BCUT2D eigenvalue weighted by molar-refractivity contribution is -0.147. The molecular formula is C14H19NO5. The highest BCUT2D eigenvalue weighted by atomic mass is 16.6. The van der Waals surface area contributed by atoms with Gasteiger partial charge >= 0.3 is 12.1 Å². The van der Waals surface area contributed by atoms with Crippen molar-refractivity contribution in [2.24, 2.45) is 0 Å². The molecular weight excluding hydrogens is 262 g/mol. The van der Waals surface area contributed by atoms with Gasteiger partial charge in [0.1, 0.15) is 12.4 Å². The van der Waals surface area contributed by atoms with Gasteiger partial charge in [-0.15, -0.1) is 0 Å². The van der Waals surface area contributed by atoms with Crippen LogP contribution in [0, 0.1) is 0 Å². The molecule has 20 heavy (non-hydrogen) atoms. The molecule has 0 saturated heterocycles. The number of hydrogen-bond donors (Lipinski definition) is 1. The van der Waals surface area contributed by atoms with Crippen LogP contribution in [0.2, 0.25) is 0 Å². The molecule has 0 fully saturated rings. The summed E-state index contributed by atoms with van der Waals surface area (Å²) in [7, 11) is 0. The molecule has 1 N–H and O–H groups in total. The van der Waals surface area contributed by atoms with E-state index in [1.165, 1.54) is 6.92 Å². The Balaban J connectivity index is 2.43. The van der Waals surface area contributed by atoms with E-state index in [9.17, 15) is 9.59 Å². The van der Waals surface area contributed by atoms with Gasteiger partial charge in [-0.05, 0) is 19.1 Å². The van der Waals surface area contributed by atoms with Crippen molar-refractivity contribution in [3.63, 3.8) is 0 Å². The first-order chi connectivity index (χ1) is 9.61. The summed E-state index contributed by atoms with van der Waals surface area (Å²) in [6.07, 6.45) is -1.12. The molecule has 6 heteroatoms. The lowest BCUT2D eigenvalue weighted by atomic mass is 10.3. The predicted octanol–water partition coefficient (Wildman–Crippen LogP) is 1.74. The summed E-state index contributed by atoms with van der Waals surface area (Å²) in [5.41, 5.74) is 0. The van der Waals surface area contributed by atoms with E-state index in [4.69, 9.17) is 14.2 Å². The number of nitrogens with one attached hydrogen (secondary N) is 1. The Morgan fingerprint density at radius 2 is 1.95 bits per heavy atom. The van der Waals surface area contributed by atoms with Crippen LogP contribution in [0.1, 0.15) is 13.8 Å². The van der Waals surface area contributed by atoms with Gasteiger partial charge in [0.25, 0.3) is 0 Å². The highest BCUT2D eigenvalue weighted by Crippen LogP contribution is 2.09. The number of esters is 1. The largest absolute Gasteiger partial charge is 0.490 e. The van der Waals surface area contributed by atoms with Crippen LogP contribution in [-0.2, 0) is 14.3 Å². The van der Waals surface area contributed by atoms with Crippen molar-refractivity contribution in [2.45, 2.75) is 20.0 Å². The van der Waals surface area contributed by atoms with E-state index in [0.29, 0.717) is 5.75 Å². The number of carbonyl (C=O) groups excluding carboxylic acids is 2. The Labute approximate surface area is 118 Å². The fourth-order valence-corrected chi connectivity index (χ4v) is 1.45. The first kappa shape index (κ1) is 15.8. The second-order valence-electron chi connectivity index (χ2n) is 3.96. The summed E-state index contributed by atoms with van der Waals surface area (Å²) in [6, 6.07) is 9.14. The van der Waals surface area contributed by atoms with E-state index in [2.05, 4.69) is 5.32 Å². The number of hydrogen-bond acceptors (Lipinski definition) is 5. The fraction of sp³-hybridized carbons (Fsp3) is 0.429. The zero-order chi connectivity index (χ0) is 14.8. The molecule has 0 saturated carbocycles. The van der Waals surface area contributed by atoms with Crippen LogP contribution in [0.4, 0.5) is 4.79 Å². The molecule has 0 aliphatic rings. The first-order valence-corrected chi connectivity index (χ1v) is 6.37. The third-order valence-electron chi connectivity index (χ3n) is 2.26. The van der Waals surface area contributed by atoms with E-state index < -0.39 is 18.2 Å². The third kappa shape index (κ3) is 6.63. The molecule has 0 aromatic heterocycles. The highest BCUT2D eigenvalue weighted by molar-refractivity contribution is 5.68. The topological polar surface area (TPSA) is 73.9 Å². The fourth-order valence-electron chi connectivity index (χ4n) is 1.45. The average molecular weight is 281 g/mol. The standard InChI is InChI=1S/C14H19NO5/c1-3-18-14(17)15-9-13(20-11(2)16)10-19-12-7-5-4-6-8-12/h4-8,13H,3,9-10H2,1-2H3,(H,15,17). The molecule has 0 radical (unpaired) electrons. The second-order valence-corrected chi connectivity index (χ2v) is 3.96. The van der Waals surface area contributed by atoms with Crippen LogP contribution in [0.5, 0.6) is 5.75 Å². The summed E-state index contributed by atoms with van der Waals surface area (Å²) in [6.45, 7) is 3.58. The second kappa shape index (κ2) is 8.79. The van der Waals surface area contributed by atoms with E-state index in [1.807, 2.05) is 18.2 Å². The van der Waals surface area contributed by atoms with Gasteiger partial charge in [-0.2, -0.15) is 0 Å². The third-order valence-corrected chi connectivity index (χ3v) is 2.26. The van der Waals surface area contributed by atoms with Crippen molar-refractivity contribution in [2.75, 3.05) is 19.8 Å². The maximum absolute atomic E-state index is 11.2. The molecule has 1 aromatic rings. The summed E-state index contributed by atoms with van der Waals surface area (Å²) in [4.78, 5) is 22.2. The Kier molecular flexibility index (Phi) is 6.95. The molecule has 0 aliphatic carbocycles. The summed E-state index contributed by atoms with van der Waals surface area (Å²) < 4.78 is 15.3. The van der Waals surface area contributed by atoms with Gasteiger partial charge in [0.15, 0.2) is 6.10 Å². The quantitative estimate of drug-likeness (QED) is 0.771. The monoisotopic (exact) mass is 281 g/mol. The van der Waals surface area contributed by atoms with Gasteiger partial charge < -0.3 is 19.5 Å². The molecule has 1 amide bonds. The Morgan fingerprint density at radius 3 is 2.55 bits per heavy atom. The van der Waals surface area contributed by atoms with Crippen molar-refractivity contribution >= 4 is 12.1 Å². The molecule has 110 valence electrons. The summed E-state index contributed by atoms with van der Waals surface area (Å²) in [5.74, 6) is 0.234. The van der Waals surface area contributed by atoms with Gasteiger partial charge in [-0.1, -0.05) is 18.2 Å². The van der Waals surface area contributed by atoms with Crippen LogP contribution < -0.4 is 10.1 Å². The predicted molar refractivity (Wildman–Crippen MR) is 72.5 cm³/mol. The van der Waals surface area contributed by atoms with Gasteiger partial charge in [-0.3, -0.25) is 4.79 Å². The van der Waals surface area contributed by atoms with Gasteiger partial charge in [-0.25, -0.2) is 4.79 Å². The van der Waals surface area contributed by atoms with Gasteiger partial charge in [0, 0.05) is 6.92 Å². The number of alkyl carbamates (subject to hydrolysis) is 1. The molecule has 1 unspecified atom stereocenters. The van der Waals surface area contributed by atoms with Crippen molar-refractivity contribution in [1.29, 1.82) is 0 Å². The number of ether oxygens (including phenoxy) is 3. The molecule has 0 bridgehead atoms. The van der Waals surface area contributed by atoms with Crippen molar-refractivity contribution in [1.82, 2.24) is 5.32 Å². The molecule has 0 spiro atoms. The number of benzene rings is 1. The zero-order valence-corrected chi connectivity index (χ0v) is 11.6. The van der Waals surface area contributed by atoms with E-state index in [0.717, 1.165) is 0 Å². The number of carbonyl (C=O) groups is 2. The van der Waals surface area contributed by atoms with E-state index in [1.54, 1.807) is 19.1 Å². The molecule has 1 atom stereocenters. The van der Waals surface area contributed by atoms with Crippen LogP contribution in [0.3, 0.4) is 0 Å². The summed E-state index contributed by atoms with van der Waals surface area (Å²) >= 11 is 0. The minimum absolute atomic E-state index is 0.130. The number of para-hydroxylation sites is 1. The minimum atomic E-state index is -0.572. The van der Waals surface area contributed by atoms with E-state index in [-0.39, 0.29) is 19.8 Å². The van der Waals surface area contributed by atoms with E-state index >= 15 is 0 Å². The Hall–Kier alpha value is -2.24. The Morgan fingerprint density at radius 1 is 1.25 bits per heavy atom. The molecule has 6 nitrogen and oxygen atoms in total. The molecule has 0 heterocycles. The van der Waals surface area contributed by atoms with Crippen molar-refractivity contribution in [3.05, 3.63) is 30.3 Å². The van der Waals surface area contributed by atoms with Crippen molar-refractivity contribution in [3.8, 4) is 5.75 Å².